The van der Waals surface area contributed by atoms with Gasteiger partial charge in [0.25, 0.3) is 0 Å². The molecule has 0 bridgehead atoms. The van der Waals surface area contributed by atoms with Crippen molar-refractivity contribution < 1.29 is 9.18 Å². The van der Waals surface area contributed by atoms with Crippen LogP contribution in [0.5, 0.6) is 0 Å². The summed E-state index contributed by atoms with van der Waals surface area (Å²) in [6.07, 6.45) is 0. The van der Waals surface area contributed by atoms with Gasteiger partial charge in [-0.15, -0.1) is 0 Å². The maximum atomic E-state index is 13.4. The second-order valence-corrected chi connectivity index (χ2v) is 5.00. The molecular formula is C21H13FO. The Morgan fingerprint density at radius 1 is 0.826 bits per heavy atom. The zero-order chi connectivity index (χ0) is 16.1. The largest absolute Gasteiger partial charge is 0.279 e. The smallest absolute Gasteiger partial charge is 0.236 e. The molecule has 0 aliphatic heterocycles. The molecule has 0 saturated heterocycles. The summed E-state index contributed by atoms with van der Waals surface area (Å²) < 4.78 is 13.4. The van der Waals surface area contributed by atoms with E-state index >= 15 is 0 Å². The van der Waals surface area contributed by atoms with E-state index in [1.54, 1.807) is 30.3 Å². The molecule has 0 unspecified atom stereocenters. The molecule has 3 rings (SSSR count). The van der Waals surface area contributed by atoms with E-state index in [1.807, 2.05) is 36.4 Å². The third-order valence-corrected chi connectivity index (χ3v) is 3.40. The van der Waals surface area contributed by atoms with Crippen LogP contribution in [-0.2, 0) is 0 Å². The maximum absolute atomic E-state index is 13.4. The van der Waals surface area contributed by atoms with Crippen LogP contribution in [0.2, 0.25) is 0 Å². The highest BCUT2D eigenvalue weighted by Gasteiger charge is 2.10. The van der Waals surface area contributed by atoms with E-state index in [-0.39, 0.29) is 11.6 Å². The van der Waals surface area contributed by atoms with Gasteiger partial charge in [-0.3, -0.25) is 4.79 Å². The number of ketones is 1. The van der Waals surface area contributed by atoms with Crippen molar-refractivity contribution in [3.8, 4) is 23.0 Å². The number of hydrogen-bond acceptors (Lipinski definition) is 1. The van der Waals surface area contributed by atoms with Gasteiger partial charge in [-0.2, -0.15) is 0 Å². The van der Waals surface area contributed by atoms with Gasteiger partial charge in [0.1, 0.15) is 5.82 Å². The summed E-state index contributed by atoms with van der Waals surface area (Å²) in [5.41, 5.74) is 2.60. The summed E-state index contributed by atoms with van der Waals surface area (Å²) in [5, 5.41) is 0. The topological polar surface area (TPSA) is 17.1 Å². The molecule has 2 heteroatoms. The maximum Gasteiger partial charge on any atom is 0.236 e. The molecule has 0 aromatic heterocycles. The first kappa shape index (κ1) is 14.7. The summed E-state index contributed by atoms with van der Waals surface area (Å²) in [5.74, 6) is 4.90. The van der Waals surface area contributed by atoms with Crippen LogP contribution in [0.15, 0.2) is 78.9 Å². The Morgan fingerprint density at radius 3 is 2.35 bits per heavy atom. The third kappa shape index (κ3) is 3.53. The second kappa shape index (κ2) is 6.72. The van der Waals surface area contributed by atoms with Crippen molar-refractivity contribution in [1.29, 1.82) is 0 Å². The average Bonchev–Trinajstić information content (AvgIpc) is 2.60. The monoisotopic (exact) mass is 300 g/mol. The van der Waals surface area contributed by atoms with E-state index in [0.717, 1.165) is 5.56 Å². The van der Waals surface area contributed by atoms with Gasteiger partial charge in [0.05, 0.1) is 0 Å². The van der Waals surface area contributed by atoms with Crippen molar-refractivity contribution in [3.05, 3.63) is 95.8 Å². The van der Waals surface area contributed by atoms with Gasteiger partial charge in [-0.05, 0) is 47.4 Å². The molecule has 0 aliphatic carbocycles. The van der Waals surface area contributed by atoms with Crippen molar-refractivity contribution >= 4 is 5.78 Å². The van der Waals surface area contributed by atoms with Crippen molar-refractivity contribution in [2.75, 3.05) is 0 Å². The second-order valence-electron chi connectivity index (χ2n) is 5.00. The fraction of sp³-hybridized carbons (Fsp3) is 0. The van der Waals surface area contributed by atoms with Crippen LogP contribution in [0.3, 0.4) is 0 Å². The number of halogens is 1. The molecule has 0 amide bonds. The fourth-order valence-corrected chi connectivity index (χ4v) is 2.31. The van der Waals surface area contributed by atoms with Crippen molar-refractivity contribution in [1.82, 2.24) is 0 Å². The number of carbonyl (C=O) groups excluding carboxylic acids is 1. The molecule has 0 saturated carbocycles. The van der Waals surface area contributed by atoms with Crippen molar-refractivity contribution in [2.45, 2.75) is 0 Å². The molecule has 0 radical (unpaired) electrons. The molecule has 0 aliphatic rings. The van der Waals surface area contributed by atoms with Crippen LogP contribution < -0.4 is 0 Å². The van der Waals surface area contributed by atoms with Crippen LogP contribution >= 0.6 is 0 Å². The molecule has 0 N–H and O–H groups in total. The molecule has 0 heterocycles. The predicted octanol–water partition coefficient (Wildman–Crippen LogP) is 4.73. The molecule has 3 aromatic rings. The zero-order valence-corrected chi connectivity index (χ0v) is 12.3. The van der Waals surface area contributed by atoms with E-state index in [2.05, 4.69) is 11.8 Å². The SMILES string of the molecule is O=C(C#Cc1ccccc1)c1ccccc1-c1cccc(F)c1. The number of hydrogen-bond donors (Lipinski definition) is 0. The average molecular weight is 300 g/mol. The minimum atomic E-state index is -0.333. The molecule has 1 nitrogen and oxygen atoms in total. The summed E-state index contributed by atoms with van der Waals surface area (Å²) in [6, 6.07) is 22.6. The number of benzene rings is 3. The highest BCUT2D eigenvalue weighted by atomic mass is 19.1. The first-order chi connectivity index (χ1) is 11.2. The minimum absolute atomic E-state index is 0.284. The number of rotatable bonds is 2. The standard InChI is InChI=1S/C21H13FO/c22-18-10-6-9-17(15-18)19-11-4-5-12-20(19)21(23)14-13-16-7-2-1-3-8-16/h1-12,15H. The molecule has 110 valence electrons. The quantitative estimate of drug-likeness (QED) is 0.494. The van der Waals surface area contributed by atoms with E-state index < -0.39 is 0 Å². The zero-order valence-electron chi connectivity index (χ0n) is 12.3. The molecule has 0 fully saturated rings. The summed E-state index contributed by atoms with van der Waals surface area (Å²) in [7, 11) is 0. The Balaban J connectivity index is 1.98. The Hall–Kier alpha value is -3.18. The first-order valence-electron chi connectivity index (χ1n) is 7.20. The summed E-state index contributed by atoms with van der Waals surface area (Å²) in [4.78, 5) is 12.4. The Labute approximate surface area is 134 Å². The van der Waals surface area contributed by atoms with Gasteiger partial charge in [-0.1, -0.05) is 54.5 Å². The van der Waals surface area contributed by atoms with E-state index in [4.69, 9.17) is 0 Å². The summed E-state index contributed by atoms with van der Waals surface area (Å²) in [6.45, 7) is 0. The van der Waals surface area contributed by atoms with Crippen molar-refractivity contribution in [2.24, 2.45) is 0 Å². The van der Waals surface area contributed by atoms with Gasteiger partial charge in [0, 0.05) is 11.1 Å². The fourth-order valence-electron chi connectivity index (χ4n) is 2.31. The minimum Gasteiger partial charge on any atom is -0.279 e. The van der Waals surface area contributed by atoms with E-state index in [0.29, 0.717) is 16.7 Å². The lowest BCUT2D eigenvalue weighted by molar-refractivity contribution is 0.105. The molecule has 0 atom stereocenters. The van der Waals surface area contributed by atoms with Crippen molar-refractivity contribution in [3.63, 3.8) is 0 Å². The van der Waals surface area contributed by atoms with E-state index in [1.165, 1.54) is 12.1 Å². The first-order valence-corrected chi connectivity index (χ1v) is 7.20. The van der Waals surface area contributed by atoms with Gasteiger partial charge in [-0.25, -0.2) is 4.39 Å². The highest BCUT2D eigenvalue weighted by molar-refractivity contribution is 6.13. The van der Waals surface area contributed by atoms with Crippen LogP contribution in [-0.4, -0.2) is 5.78 Å². The molecular weight excluding hydrogens is 287 g/mol. The predicted molar refractivity (Wildman–Crippen MR) is 89.5 cm³/mol. The van der Waals surface area contributed by atoms with Crippen LogP contribution in [0.25, 0.3) is 11.1 Å². The van der Waals surface area contributed by atoms with Gasteiger partial charge >= 0.3 is 0 Å². The van der Waals surface area contributed by atoms with Crippen LogP contribution in [0, 0.1) is 17.7 Å². The third-order valence-electron chi connectivity index (χ3n) is 3.40. The van der Waals surface area contributed by atoms with Gasteiger partial charge in [0.15, 0.2) is 0 Å². The number of Topliss-reactive ketones (excluding diaryl/α,β-unsaturated/α-hetero) is 1. The lowest BCUT2D eigenvalue weighted by atomic mass is 9.97. The lowest BCUT2D eigenvalue weighted by Gasteiger charge is -2.06. The Kier molecular flexibility index (Phi) is 4.31. The summed E-state index contributed by atoms with van der Waals surface area (Å²) >= 11 is 0. The highest BCUT2D eigenvalue weighted by Crippen LogP contribution is 2.24. The van der Waals surface area contributed by atoms with Gasteiger partial charge < -0.3 is 0 Å². The Bertz CT molecular complexity index is 902. The van der Waals surface area contributed by atoms with Crippen LogP contribution in [0.1, 0.15) is 15.9 Å². The van der Waals surface area contributed by atoms with Gasteiger partial charge in [0.2, 0.25) is 5.78 Å². The van der Waals surface area contributed by atoms with Crippen LogP contribution in [0.4, 0.5) is 4.39 Å². The lowest BCUT2D eigenvalue weighted by Crippen LogP contribution is -1.98. The molecule has 23 heavy (non-hydrogen) atoms. The molecule has 0 spiro atoms. The number of carbonyl (C=O) groups is 1. The Morgan fingerprint density at radius 2 is 1.57 bits per heavy atom. The molecule has 3 aromatic carbocycles. The normalized spacial score (nSPS) is 9.78. The van der Waals surface area contributed by atoms with E-state index in [9.17, 15) is 9.18 Å².